The summed E-state index contributed by atoms with van der Waals surface area (Å²) < 4.78 is 30.0. The molecule has 5 nitrogen and oxygen atoms in total. The largest absolute Gasteiger partial charge is 0.337 e. The lowest BCUT2D eigenvalue weighted by molar-refractivity contribution is 0.577. The van der Waals surface area contributed by atoms with Gasteiger partial charge in [0.15, 0.2) is 0 Å². The molecule has 0 spiro atoms. The fourth-order valence-electron chi connectivity index (χ4n) is 1.50. The molecule has 1 aromatic carbocycles. The van der Waals surface area contributed by atoms with E-state index in [0.29, 0.717) is 10.3 Å². The minimum Gasteiger partial charge on any atom is -0.337 e. The van der Waals surface area contributed by atoms with E-state index in [4.69, 9.17) is 0 Å². The Bertz CT molecular complexity index is 698. The van der Waals surface area contributed by atoms with Crippen LogP contribution in [0.4, 0.5) is 0 Å². The number of aryl methyl sites for hydroxylation is 1. The molecule has 0 aliphatic carbocycles. The van der Waals surface area contributed by atoms with Gasteiger partial charge in [-0.3, -0.25) is 0 Å². The second kappa shape index (κ2) is 5.74. The molecule has 0 aliphatic heterocycles. The molecule has 2 rings (SSSR count). The first-order chi connectivity index (χ1) is 8.90. The van der Waals surface area contributed by atoms with E-state index in [0.717, 1.165) is 4.47 Å². The molecule has 0 fully saturated rings. The molecule has 0 saturated carbocycles. The van der Waals surface area contributed by atoms with Gasteiger partial charge >= 0.3 is 0 Å². The first kappa shape index (κ1) is 14.7. The summed E-state index contributed by atoms with van der Waals surface area (Å²) in [4.78, 5) is 4.26. The normalized spacial score (nSPS) is 11.7. The number of nitrogens with zero attached hydrogens (tertiary/aromatic N) is 2. The lowest BCUT2D eigenvalue weighted by atomic mass is 10.4. The third kappa shape index (κ3) is 3.44. The number of nitrogens with one attached hydrogen (secondary N) is 1. The Labute approximate surface area is 128 Å². The van der Waals surface area contributed by atoms with Crippen molar-refractivity contribution in [3.05, 3.63) is 45.4 Å². The summed E-state index contributed by atoms with van der Waals surface area (Å²) >= 11 is 6.53. The third-order valence-electron chi connectivity index (χ3n) is 2.52. The van der Waals surface area contributed by atoms with Crippen molar-refractivity contribution in [1.82, 2.24) is 14.3 Å². The highest BCUT2D eigenvalue weighted by Gasteiger charge is 2.18. The van der Waals surface area contributed by atoms with Crippen molar-refractivity contribution in [2.24, 2.45) is 7.05 Å². The predicted molar refractivity (Wildman–Crippen MR) is 79.1 cm³/mol. The quantitative estimate of drug-likeness (QED) is 0.844. The van der Waals surface area contributed by atoms with Gasteiger partial charge in [0, 0.05) is 28.4 Å². The van der Waals surface area contributed by atoms with E-state index < -0.39 is 10.0 Å². The standard InChI is InChI=1S/C11H11Br2N3O2S/c1-16-5-4-14-11(16)7-15-19(17,18)10-3-2-8(12)6-9(10)13/h2-6,15H,7H2,1H3. The molecule has 1 N–H and O–H groups in total. The first-order valence-corrected chi connectivity index (χ1v) is 8.38. The summed E-state index contributed by atoms with van der Waals surface area (Å²) in [6, 6.07) is 4.91. The zero-order chi connectivity index (χ0) is 14.0. The fourth-order valence-corrected chi connectivity index (χ4v) is 4.22. The van der Waals surface area contributed by atoms with Gasteiger partial charge in [0.05, 0.1) is 11.4 Å². The molecule has 0 bridgehead atoms. The fraction of sp³-hybridized carbons (Fsp3) is 0.182. The van der Waals surface area contributed by atoms with Crippen LogP contribution in [-0.4, -0.2) is 18.0 Å². The second-order valence-corrected chi connectivity index (χ2v) is 7.36. The minimum atomic E-state index is -3.57. The molecule has 0 saturated heterocycles. The number of halogens is 2. The lowest BCUT2D eigenvalue weighted by Gasteiger charge is -2.08. The van der Waals surface area contributed by atoms with Crippen molar-refractivity contribution in [1.29, 1.82) is 0 Å². The predicted octanol–water partition coefficient (Wildman–Crippen LogP) is 2.42. The number of hydrogen-bond donors (Lipinski definition) is 1. The maximum atomic E-state index is 12.2. The molecule has 0 atom stereocenters. The smallest absolute Gasteiger partial charge is 0.242 e. The number of aromatic nitrogens is 2. The maximum Gasteiger partial charge on any atom is 0.242 e. The van der Waals surface area contributed by atoms with Gasteiger partial charge in [-0.15, -0.1) is 0 Å². The second-order valence-electron chi connectivity index (χ2n) is 3.85. The van der Waals surface area contributed by atoms with E-state index >= 15 is 0 Å². The summed E-state index contributed by atoms with van der Waals surface area (Å²) in [5.41, 5.74) is 0. The number of hydrogen-bond acceptors (Lipinski definition) is 3. The van der Waals surface area contributed by atoms with E-state index in [1.54, 1.807) is 29.1 Å². The van der Waals surface area contributed by atoms with Crippen molar-refractivity contribution < 1.29 is 8.42 Å². The van der Waals surface area contributed by atoms with Gasteiger partial charge in [-0.2, -0.15) is 0 Å². The topological polar surface area (TPSA) is 64.0 Å². The van der Waals surface area contributed by atoms with Crippen LogP contribution in [0.3, 0.4) is 0 Å². The molecule has 102 valence electrons. The average molecular weight is 409 g/mol. The average Bonchev–Trinajstić information content (AvgIpc) is 2.72. The Hall–Kier alpha value is -0.700. The number of benzene rings is 1. The van der Waals surface area contributed by atoms with Crippen LogP contribution >= 0.6 is 31.9 Å². The summed E-state index contributed by atoms with van der Waals surface area (Å²) in [7, 11) is -1.76. The number of sulfonamides is 1. The number of rotatable bonds is 4. The molecule has 0 amide bonds. The molecular formula is C11H11Br2N3O2S. The van der Waals surface area contributed by atoms with Crippen LogP contribution in [0.1, 0.15) is 5.82 Å². The van der Waals surface area contributed by atoms with E-state index in [9.17, 15) is 8.42 Å². The molecule has 8 heteroatoms. The van der Waals surface area contributed by atoms with Crippen LogP contribution in [0.2, 0.25) is 0 Å². The zero-order valence-corrected chi connectivity index (χ0v) is 14.0. The van der Waals surface area contributed by atoms with Crippen LogP contribution in [-0.2, 0) is 23.6 Å². The molecule has 2 aromatic rings. The van der Waals surface area contributed by atoms with Crippen LogP contribution in [0.25, 0.3) is 0 Å². The van der Waals surface area contributed by atoms with Crippen molar-refractivity contribution in [2.45, 2.75) is 11.4 Å². The Morgan fingerprint density at radius 1 is 1.37 bits per heavy atom. The van der Waals surface area contributed by atoms with Crippen LogP contribution in [0.15, 0.2) is 44.4 Å². The SMILES string of the molecule is Cn1ccnc1CNS(=O)(=O)c1ccc(Br)cc1Br. The van der Waals surface area contributed by atoms with E-state index in [-0.39, 0.29) is 11.4 Å². The van der Waals surface area contributed by atoms with Gasteiger partial charge in [0.25, 0.3) is 0 Å². The molecule has 1 heterocycles. The Morgan fingerprint density at radius 2 is 2.11 bits per heavy atom. The molecule has 0 aliphatic rings. The minimum absolute atomic E-state index is 0.147. The van der Waals surface area contributed by atoms with Gasteiger partial charge in [-0.05, 0) is 34.1 Å². The van der Waals surface area contributed by atoms with Crippen molar-refractivity contribution >= 4 is 41.9 Å². The summed E-state index contributed by atoms with van der Waals surface area (Å²) in [6.07, 6.45) is 3.39. The summed E-state index contributed by atoms with van der Waals surface area (Å²) in [6.45, 7) is 0.147. The molecule has 0 radical (unpaired) electrons. The maximum absolute atomic E-state index is 12.2. The monoisotopic (exact) mass is 407 g/mol. The molecule has 0 unspecified atom stereocenters. The number of imidazole rings is 1. The highest BCUT2D eigenvalue weighted by atomic mass is 79.9. The highest BCUT2D eigenvalue weighted by molar-refractivity contribution is 9.11. The van der Waals surface area contributed by atoms with E-state index in [1.165, 1.54) is 6.07 Å². The van der Waals surface area contributed by atoms with Gasteiger partial charge in [-0.1, -0.05) is 15.9 Å². The Balaban J connectivity index is 2.21. The Kier molecular flexibility index (Phi) is 4.44. The van der Waals surface area contributed by atoms with Gasteiger partial charge in [-0.25, -0.2) is 18.1 Å². The lowest BCUT2D eigenvalue weighted by Crippen LogP contribution is -2.25. The molecular weight excluding hydrogens is 398 g/mol. The van der Waals surface area contributed by atoms with Crippen LogP contribution in [0, 0.1) is 0 Å². The van der Waals surface area contributed by atoms with Gasteiger partial charge < -0.3 is 4.57 Å². The van der Waals surface area contributed by atoms with Crippen molar-refractivity contribution in [2.75, 3.05) is 0 Å². The third-order valence-corrected chi connectivity index (χ3v) is 5.40. The summed E-state index contributed by atoms with van der Waals surface area (Å²) in [5, 5.41) is 0. The molecule has 19 heavy (non-hydrogen) atoms. The van der Waals surface area contributed by atoms with Crippen molar-refractivity contribution in [3.63, 3.8) is 0 Å². The van der Waals surface area contributed by atoms with Crippen LogP contribution in [0.5, 0.6) is 0 Å². The summed E-state index contributed by atoms with van der Waals surface area (Å²) in [5.74, 6) is 0.650. The van der Waals surface area contributed by atoms with Gasteiger partial charge in [0.1, 0.15) is 5.82 Å². The molecule has 1 aromatic heterocycles. The van der Waals surface area contributed by atoms with E-state index in [2.05, 4.69) is 41.6 Å². The van der Waals surface area contributed by atoms with Crippen molar-refractivity contribution in [3.8, 4) is 0 Å². The zero-order valence-electron chi connectivity index (χ0n) is 9.97. The first-order valence-electron chi connectivity index (χ1n) is 5.31. The Morgan fingerprint density at radius 3 is 2.68 bits per heavy atom. The highest BCUT2D eigenvalue weighted by Crippen LogP contribution is 2.25. The van der Waals surface area contributed by atoms with Gasteiger partial charge in [0.2, 0.25) is 10.0 Å². The van der Waals surface area contributed by atoms with E-state index in [1.807, 2.05) is 7.05 Å². The van der Waals surface area contributed by atoms with Crippen LogP contribution < -0.4 is 4.72 Å².